The highest BCUT2D eigenvalue weighted by Crippen LogP contribution is 2.47. The van der Waals surface area contributed by atoms with E-state index in [2.05, 4.69) is 0 Å². The molecule has 0 amide bonds. The Balaban J connectivity index is 2.39. The van der Waals surface area contributed by atoms with Gasteiger partial charge >= 0.3 is 7.60 Å². The van der Waals surface area contributed by atoms with Crippen LogP contribution in [0.25, 0.3) is 0 Å². The first-order valence-corrected chi connectivity index (χ1v) is 8.34. The van der Waals surface area contributed by atoms with Crippen LogP contribution >= 0.6 is 7.60 Å². The van der Waals surface area contributed by atoms with Gasteiger partial charge in [-0.05, 0) is 26.0 Å². The van der Waals surface area contributed by atoms with E-state index in [1.54, 1.807) is 38.1 Å². The zero-order chi connectivity index (χ0) is 14.8. The maximum absolute atomic E-state index is 12.1. The lowest BCUT2D eigenvalue weighted by Crippen LogP contribution is -1.99. The number of anilines is 1. The smallest absolute Gasteiger partial charge is 0.334 e. The van der Waals surface area contributed by atoms with Crippen LogP contribution in [0.15, 0.2) is 36.4 Å². The number of allylic oxidation sites excluding steroid dienone is 1. The van der Waals surface area contributed by atoms with E-state index in [0.717, 1.165) is 0 Å². The van der Waals surface area contributed by atoms with Gasteiger partial charge in [0.05, 0.1) is 19.4 Å². The molecule has 1 rings (SSSR count). The molecule has 20 heavy (non-hydrogen) atoms. The van der Waals surface area contributed by atoms with Gasteiger partial charge in [-0.3, -0.25) is 4.57 Å². The van der Waals surface area contributed by atoms with Crippen molar-refractivity contribution in [3.8, 4) is 5.75 Å². The second-order valence-corrected chi connectivity index (χ2v) is 6.09. The summed E-state index contributed by atoms with van der Waals surface area (Å²) in [5.41, 5.74) is 6.30. The lowest BCUT2D eigenvalue weighted by Gasteiger charge is -2.14. The predicted molar refractivity (Wildman–Crippen MR) is 81.2 cm³/mol. The molecule has 0 aliphatic carbocycles. The van der Waals surface area contributed by atoms with Crippen LogP contribution in [-0.4, -0.2) is 26.0 Å². The quantitative estimate of drug-likeness (QED) is 0.429. The van der Waals surface area contributed by atoms with Crippen molar-refractivity contribution in [3.05, 3.63) is 36.4 Å². The summed E-state index contributed by atoms with van der Waals surface area (Å²) in [6.07, 6.45) is 3.78. The number of ether oxygens (including phenoxy) is 1. The van der Waals surface area contributed by atoms with Crippen molar-refractivity contribution in [1.82, 2.24) is 0 Å². The fourth-order valence-electron chi connectivity index (χ4n) is 1.56. The zero-order valence-electron chi connectivity index (χ0n) is 12.0. The highest BCUT2D eigenvalue weighted by atomic mass is 31.2. The molecule has 0 saturated heterocycles. The van der Waals surface area contributed by atoms with Crippen LogP contribution in [0, 0.1) is 0 Å². The summed E-state index contributed by atoms with van der Waals surface area (Å²) in [5, 5.41) is 0. The van der Waals surface area contributed by atoms with Gasteiger partial charge in [-0.15, -0.1) is 0 Å². The Morgan fingerprint density at radius 2 is 1.90 bits per heavy atom. The summed E-state index contributed by atoms with van der Waals surface area (Å²) in [7, 11) is -3.00. The Hall–Kier alpha value is -1.29. The molecular weight excluding hydrogens is 277 g/mol. The van der Waals surface area contributed by atoms with Gasteiger partial charge in [0.25, 0.3) is 0 Å². The Kier molecular flexibility index (Phi) is 7.37. The molecule has 6 heteroatoms. The first-order valence-electron chi connectivity index (χ1n) is 6.61. The lowest BCUT2D eigenvalue weighted by atomic mass is 10.3. The molecule has 0 bridgehead atoms. The molecule has 0 fully saturated rings. The minimum atomic E-state index is -3.00. The van der Waals surface area contributed by atoms with E-state index in [1.807, 2.05) is 12.1 Å². The highest BCUT2D eigenvalue weighted by molar-refractivity contribution is 7.54. The topological polar surface area (TPSA) is 70.8 Å². The van der Waals surface area contributed by atoms with E-state index in [9.17, 15) is 4.57 Å². The van der Waals surface area contributed by atoms with Crippen molar-refractivity contribution in [2.24, 2.45) is 0 Å². The largest absolute Gasteiger partial charge is 0.489 e. The van der Waals surface area contributed by atoms with Crippen LogP contribution in [0.3, 0.4) is 0 Å². The molecule has 5 nitrogen and oxygen atoms in total. The molecule has 0 saturated carbocycles. The third-order valence-corrected chi connectivity index (χ3v) is 4.31. The number of benzene rings is 1. The van der Waals surface area contributed by atoms with Gasteiger partial charge in [-0.25, -0.2) is 0 Å². The third-order valence-electron chi connectivity index (χ3n) is 2.35. The molecule has 0 spiro atoms. The maximum atomic E-state index is 12.1. The molecule has 1 aromatic carbocycles. The fourth-order valence-corrected chi connectivity index (χ4v) is 3.04. The second-order valence-electron chi connectivity index (χ2n) is 3.98. The van der Waals surface area contributed by atoms with Gasteiger partial charge in [-0.2, -0.15) is 0 Å². The van der Waals surface area contributed by atoms with Crippen LogP contribution in [0.5, 0.6) is 5.75 Å². The normalized spacial score (nSPS) is 11.9. The van der Waals surface area contributed by atoms with E-state index < -0.39 is 7.60 Å². The molecule has 0 aliphatic rings. The van der Waals surface area contributed by atoms with Crippen molar-refractivity contribution >= 4 is 13.3 Å². The SMILES string of the molecule is CCOP(=O)(C/C=C/COc1cccc(N)c1)OCC. The lowest BCUT2D eigenvalue weighted by molar-refractivity contribution is 0.222. The number of hydrogen-bond donors (Lipinski definition) is 1. The minimum absolute atomic E-state index is 0.245. The minimum Gasteiger partial charge on any atom is -0.489 e. The summed E-state index contributed by atoms with van der Waals surface area (Å²) in [4.78, 5) is 0. The van der Waals surface area contributed by atoms with Gasteiger partial charge in [-0.1, -0.05) is 18.2 Å². The van der Waals surface area contributed by atoms with E-state index in [1.165, 1.54) is 0 Å². The first kappa shape index (κ1) is 16.8. The molecule has 0 aromatic heterocycles. The van der Waals surface area contributed by atoms with Crippen molar-refractivity contribution in [2.75, 3.05) is 31.7 Å². The maximum Gasteiger partial charge on any atom is 0.334 e. The summed E-state index contributed by atoms with van der Waals surface area (Å²) in [5.74, 6) is 0.701. The summed E-state index contributed by atoms with van der Waals surface area (Å²) < 4.78 is 28.0. The standard InChI is InChI=1S/C14H22NO4P/c1-3-18-20(16,19-4-2)11-6-5-10-17-14-9-7-8-13(15)12-14/h5-9,12H,3-4,10-11,15H2,1-2H3/b6-5+. The van der Waals surface area contributed by atoms with E-state index in [-0.39, 0.29) is 6.16 Å². The van der Waals surface area contributed by atoms with Crippen molar-refractivity contribution in [2.45, 2.75) is 13.8 Å². The van der Waals surface area contributed by atoms with Gasteiger partial charge in [0.1, 0.15) is 12.4 Å². The second kappa shape index (κ2) is 8.80. The average molecular weight is 299 g/mol. The van der Waals surface area contributed by atoms with Crippen LogP contribution in [0.2, 0.25) is 0 Å². The van der Waals surface area contributed by atoms with Crippen LogP contribution in [0.4, 0.5) is 5.69 Å². The highest BCUT2D eigenvalue weighted by Gasteiger charge is 2.20. The molecule has 0 heterocycles. The fraction of sp³-hybridized carbons (Fsp3) is 0.429. The Morgan fingerprint density at radius 3 is 2.50 bits per heavy atom. The molecular formula is C14H22NO4P. The molecule has 2 N–H and O–H groups in total. The average Bonchev–Trinajstić information content (AvgIpc) is 2.39. The zero-order valence-corrected chi connectivity index (χ0v) is 12.8. The number of rotatable bonds is 9. The summed E-state index contributed by atoms with van der Waals surface area (Å²) in [6.45, 7) is 4.69. The number of hydrogen-bond acceptors (Lipinski definition) is 5. The van der Waals surface area contributed by atoms with E-state index >= 15 is 0 Å². The third kappa shape index (κ3) is 6.24. The van der Waals surface area contributed by atoms with Crippen LogP contribution in [-0.2, 0) is 13.6 Å². The van der Waals surface area contributed by atoms with Crippen LogP contribution < -0.4 is 10.5 Å². The van der Waals surface area contributed by atoms with Crippen molar-refractivity contribution in [1.29, 1.82) is 0 Å². The van der Waals surface area contributed by atoms with Crippen molar-refractivity contribution < 1.29 is 18.3 Å². The van der Waals surface area contributed by atoms with Gasteiger partial charge < -0.3 is 19.5 Å². The number of nitrogen functional groups attached to an aromatic ring is 1. The molecule has 1 aromatic rings. The van der Waals surface area contributed by atoms with Gasteiger partial charge in [0.2, 0.25) is 0 Å². The number of nitrogens with two attached hydrogens (primary N) is 1. The molecule has 112 valence electrons. The summed E-state index contributed by atoms with van der Waals surface area (Å²) in [6, 6.07) is 7.20. The molecule has 0 aliphatic heterocycles. The van der Waals surface area contributed by atoms with E-state index in [0.29, 0.717) is 31.3 Å². The summed E-state index contributed by atoms with van der Waals surface area (Å²) >= 11 is 0. The van der Waals surface area contributed by atoms with Crippen LogP contribution in [0.1, 0.15) is 13.8 Å². The first-order chi connectivity index (χ1) is 9.59. The predicted octanol–water partition coefficient (Wildman–Crippen LogP) is 3.47. The van der Waals surface area contributed by atoms with Gasteiger partial charge in [0.15, 0.2) is 0 Å². The molecule has 0 atom stereocenters. The monoisotopic (exact) mass is 299 g/mol. The molecule has 0 radical (unpaired) electrons. The Labute approximate surface area is 120 Å². The Bertz CT molecular complexity index is 466. The Morgan fingerprint density at radius 1 is 1.20 bits per heavy atom. The van der Waals surface area contributed by atoms with E-state index in [4.69, 9.17) is 19.5 Å². The van der Waals surface area contributed by atoms with Crippen molar-refractivity contribution in [3.63, 3.8) is 0 Å². The van der Waals surface area contributed by atoms with Gasteiger partial charge in [0, 0.05) is 11.8 Å². The molecule has 0 unspecified atom stereocenters.